The van der Waals surface area contributed by atoms with E-state index in [4.69, 9.17) is 11.6 Å². The zero-order valence-electron chi connectivity index (χ0n) is 7.41. The van der Waals surface area contributed by atoms with Crippen LogP contribution in [0.3, 0.4) is 0 Å². The van der Waals surface area contributed by atoms with Gasteiger partial charge >= 0.3 is 0 Å². The number of hydrogen-bond acceptors (Lipinski definition) is 3. The minimum absolute atomic E-state index is 0.174. The van der Waals surface area contributed by atoms with Gasteiger partial charge in [0.15, 0.2) is 5.11 Å². The number of amides is 1. The fraction of sp³-hybridized carbons (Fsp3) is 0. The number of nitrogens with zero attached hydrogens (tertiary/aromatic N) is 1. The monoisotopic (exact) mass is 351 g/mol. The Morgan fingerprint density at radius 2 is 2.00 bits per heavy atom. The highest BCUT2D eigenvalue weighted by Crippen LogP contribution is 2.22. The number of carbonyl (C=O) groups is 1. The van der Waals surface area contributed by atoms with E-state index in [1.807, 2.05) is 0 Å². The van der Waals surface area contributed by atoms with Gasteiger partial charge in [0, 0.05) is 8.95 Å². The summed E-state index contributed by atoms with van der Waals surface area (Å²) in [5.41, 5.74) is 5.64. The van der Waals surface area contributed by atoms with Crippen molar-refractivity contribution in [1.29, 1.82) is 0 Å². The molecule has 0 spiro atoms. The van der Waals surface area contributed by atoms with Gasteiger partial charge in [-0.2, -0.15) is 0 Å². The summed E-state index contributed by atoms with van der Waals surface area (Å²) in [4.78, 5) is 11.7. The number of carbonyl (C=O) groups excluding carboxylic acids is 1. The maximum atomic E-state index is 11.7. The van der Waals surface area contributed by atoms with Gasteiger partial charge in [-0.1, -0.05) is 15.9 Å². The molecule has 0 aliphatic rings. The van der Waals surface area contributed by atoms with E-state index in [1.54, 1.807) is 18.2 Å². The number of nitrogens with two attached hydrogens (primary N) is 2. The van der Waals surface area contributed by atoms with Crippen molar-refractivity contribution in [3.63, 3.8) is 0 Å². The third kappa shape index (κ3) is 2.97. The molecule has 1 rings (SSSR count). The molecule has 0 radical (unpaired) electrons. The molecule has 0 saturated carbocycles. The van der Waals surface area contributed by atoms with Crippen molar-refractivity contribution < 1.29 is 4.79 Å². The Balaban J connectivity index is 3.11. The summed E-state index contributed by atoms with van der Waals surface area (Å²) in [6, 6.07) is 5.15. The Bertz CT molecular complexity index is 424. The van der Waals surface area contributed by atoms with E-state index in [2.05, 4.69) is 44.1 Å². The van der Waals surface area contributed by atoms with Crippen molar-refractivity contribution in [2.24, 2.45) is 11.6 Å². The summed E-state index contributed by atoms with van der Waals surface area (Å²) in [7, 11) is 0. The minimum atomic E-state index is -0.462. The highest BCUT2D eigenvalue weighted by Gasteiger charge is 2.17. The normalized spacial score (nSPS) is 9.80. The maximum Gasteiger partial charge on any atom is 0.275 e. The second-order valence-corrected chi connectivity index (χ2v) is 4.83. The van der Waals surface area contributed by atoms with Crippen LogP contribution in [-0.2, 0) is 0 Å². The Morgan fingerprint density at radius 1 is 1.40 bits per heavy atom. The molecule has 15 heavy (non-hydrogen) atoms. The van der Waals surface area contributed by atoms with E-state index in [0.717, 1.165) is 9.48 Å². The maximum absolute atomic E-state index is 11.7. The van der Waals surface area contributed by atoms with Gasteiger partial charge in [-0.3, -0.25) is 4.79 Å². The topological polar surface area (TPSA) is 72.3 Å². The second kappa shape index (κ2) is 5.02. The molecule has 1 aromatic carbocycles. The van der Waals surface area contributed by atoms with Crippen LogP contribution in [-0.4, -0.2) is 16.0 Å². The summed E-state index contributed by atoms with van der Waals surface area (Å²) in [6.07, 6.45) is 0. The first-order chi connectivity index (χ1) is 6.93. The van der Waals surface area contributed by atoms with E-state index < -0.39 is 5.91 Å². The predicted octanol–water partition coefficient (Wildman–Crippen LogP) is 1.77. The molecule has 1 amide bonds. The molecule has 0 saturated heterocycles. The highest BCUT2D eigenvalue weighted by molar-refractivity contribution is 9.11. The predicted molar refractivity (Wildman–Crippen MR) is 69.0 cm³/mol. The van der Waals surface area contributed by atoms with Crippen LogP contribution >= 0.6 is 44.1 Å². The molecule has 4 N–H and O–H groups in total. The van der Waals surface area contributed by atoms with Crippen molar-refractivity contribution in [1.82, 2.24) is 5.01 Å². The molecule has 0 bridgehead atoms. The summed E-state index contributed by atoms with van der Waals surface area (Å²) < 4.78 is 1.40. The average molecular weight is 353 g/mol. The van der Waals surface area contributed by atoms with Gasteiger partial charge in [-0.25, -0.2) is 10.9 Å². The van der Waals surface area contributed by atoms with E-state index in [9.17, 15) is 4.79 Å². The lowest BCUT2D eigenvalue weighted by molar-refractivity contribution is 0.0847. The van der Waals surface area contributed by atoms with Gasteiger partial charge in [0.05, 0.1) is 5.56 Å². The number of benzene rings is 1. The van der Waals surface area contributed by atoms with Gasteiger partial charge in [0.25, 0.3) is 5.91 Å². The third-order valence-corrected chi connectivity index (χ3v) is 3.00. The van der Waals surface area contributed by atoms with E-state index in [-0.39, 0.29) is 5.11 Å². The Kier molecular flexibility index (Phi) is 4.21. The molecule has 80 valence electrons. The molecule has 1 aromatic rings. The molecule has 0 heterocycles. The van der Waals surface area contributed by atoms with Gasteiger partial charge in [-0.15, -0.1) is 0 Å². The van der Waals surface area contributed by atoms with Crippen LogP contribution in [0.15, 0.2) is 27.1 Å². The number of hydrogen-bond donors (Lipinski definition) is 2. The van der Waals surface area contributed by atoms with Gasteiger partial charge in [0.2, 0.25) is 0 Å². The van der Waals surface area contributed by atoms with Gasteiger partial charge in [-0.05, 0) is 46.3 Å². The molecule has 0 unspecified atom stereocenters. The van der Waals surface area contributed by atoms with Crippen LogP contribution in [0.5, 0.6) is 0 Å². The molecule has 0 atom stereocenters. The number of thiocarbonyl (C=S) groups is 1. The average Bonchev–Trinajstić information content (AvgIpc) is 2.19. The Hall–Kier alpha value is -0.500. The molecule has 4 nitrogen and oxygen atoms in total. The molecule has 7 heteroatoms. The molecular formula is C8H7Br2N3OS. The number of rotatable bonds is 1. The van der Waals surface area contributed by atoms with Crippen LogP contribution in [0, 0.1) is 0 Å². The van der Waals surface area contributed by atoms with Gasteiger partial charge < -0.3 is 5.73 Å². The quantitative estimate of drug-likeness (QED) is 0.349. The van der Waals surface area contributed by atoms with Crippen molar-refractivity contribution in [3.8, 4) is 0 Å². The lowest BCUT2D eigenvalue weighted by Crippen LogP contribution is -2.45. The third-order valence-electron chi connectivity index (χ3n) is 1.62. The molecule has 0 aliphatic heterocycles. The van der Waals surface area contributed by atoms with Crippen molar-refractivity contribution in [2.75, 3.05) is 0 Å². The largest absolute Gasteiger partial charge is 0.375 e. The Morgan fingerprint density at radius 3 is 2.53 bits per heavy atom. The Labute approximate surface area is 109 Å². The molecular weight excluding hydrogens is 346 g/mol. The molecule has 0 fully saturated rings. The van der Waals surface area contributed by atoms with Gasteiger partial charge in [0.1, 0.15) is 0 Å². The standard InChI is InChI=1S/C8H7Br2N3OS/c9-4-1-2-6(10)5(3-4)7(14)13(12)8(11)15/h1-3H,12H2,(H2,11,15). The first-order valence-corrected chi connectivity index (χ1v) is 5.76. The smallest absolute Gasteiger partial charge is 0.275 e. The van der Waals surface area contributed by atoms with Crippen molar-refractivity contribution in [2.45, 2.75) is 0 Å². The lowest BCUT2D eigenvalue weighted by atomic mass is 10.2. The summed E-state index contributed by atoms with van der Waals surface area (Å²) in [5, 5.41) is 0.550. The fourth-order valence-electron chi connectivity index (χ4n) is 0.891. The van der Waals surface area contributed by atoms with E-state index in [1.165, 1.54) is 0 Å². The van der Waals surface area contributed by atoms with E-state index in [0.29, 0.717) is 10.0 Å². The van der Waals surface area contributed by atoms with Crippen LogP contribution in [0.25, 0.3) is 0 Å². The minimum Gasteiger partial charge on any atom is -0.375 e. The lowest BCUT2D eigenvalue weighted by Gasteiger charge is -2.14. The summed E-state index contributed by atoms with van der Waals surface area (Å²) in [5.74, 6) is 4.93. The fourth-order valence-corrected chi connectivity index (χ4v) is 1.75. The first-order valence-electron chi connectivity index (χ1n) is 3.77. The zero-order chi connectivity index (χ0) is 11.6. The summed E-state index contributed by atoms with van der Waals surface area (Å²) >= 11 is 11.1. The van der Waals surface area contributed by atoms with E-state index >= 15 is 0 Å². The number of halogens is 2. The van der Waals surface area contributed by atoms with Crippen LogP contribution in [0.2, 0.25) is 0 Å². The zero-order valence-corrected chi connectivity index (χ0v) is 11.4. The second-order valence-electron chi connectivity index (χ2n) is 2.64. The molecule has 0 aromatic heterocycles. The SMILES string of the molecule is NC(=S)N(N)C(=O)c1cc(Br)ccc1Br. The molecule has 0 aliphatic carbocycles. The highest BCUT2D eigenvalue weighted by atomic mass is 79.9. The van der Waals surface area contributed by atoms with Crippen LogP contribution < -0.4 is 11.6 Å². The first kappa shape index (κ1) is 12.6. The van der Waals surface area contributed by atoms with Crippen molar-refractivity contribution in [3.05, 3.63) is 32.7 Å². The summed E-state index contributed by atoms with van der Waals surface area (Å²) in [6.45, 7) is 0. The van der Waals surface area contributed by atoms with Crippen LogP contribution in [0.4, 0.5) is 0 Å². The number of hydrazine groups is 1. The van der Waals surface area contributed by atoms with Crippen LogP contribution in [0.1, 0.15) is 10.4 Å². The van der Waals surface area contributed by atoms with Crippen molar-refractivity contribution >= 4 is 55.1 Å².